The molecule has 0 aliphatic heterocycles. The second-order valence-corrected chi connectivity index (χ2v) is 10.3. The quantitative estimate of drug-likeness (QED) is 0.151. The van der Waals surface area contributed by atoms with Crippen LogP contribution in [0.1, 0.15) is 129 Å². The van der Waals surface area contributed by atoms with E-state index in [0.717, 1.165) is 36.4 Å². The molecule has 1 aromatic carbocycles. The molecular formula is C32H51FN2O. The third-order valence-corrected chi connectivity index (χ3v) is 6.96. The van der Waals surface area contributed by atoms with Crippen LogP contribution in [0.2, 0.25) is 0 Å². The summed E-state index contributed by atoms with van der Waals surface area (Å²) in [6.07, 6.45) is 24.8. The summed E-state index contributed by atoms with van der Waals surface area (Å²) in [7, 11) is 0. The van der Waals surface area contributed by atoms with E-state index in [9.17, 15) is 4.39 Å². The fourth-order valence-corrected chi connectivity index (χ4v) is 4.57. The Morgan fingerprint density at radius 1 is 0.667 bits per heavy atom. The highest BCUT2D eigenvalue weighted by Gasteiger charge is 2.07. The van der Waals surface area contributed by atoms with Crippen molar-refractivity contribution in [2.24, 2.45) is 0 Å². The Hall–Kier alpha value is -1.97. The normalized spacial score (nSPS) is 12.1. The molecule has 0 saturated carbocycles. The summed E-state index contributed by atoms with van der Waals surface area (Å²) in [5.74, 6) is 1.50. The summed E-state index contributed by atoms with van der Waals surface area (Å²) in [6.45, 7) is 4.87. The lowest BCUT2D eigenvalue weighted by Crippen LogP contribution is -2.07. The molecule has 0 spiro atoms. The van der Waals surface area contributed by atoms with Crippen molar-refractivity contribution < 1.29 is 9.13 Å². The molecule has 0 bridgehead atoms. The fourth-order valence-electron chi connectivity index (χ4n) is 4.57. The van der Waals surface area contributed by atoms with Gasteiger partial charge in [-0.05, 0) is 49.1 Å². The van der Waals surface area contributed by atoms with Crippen molar-refractivity contribution in [3.8, 4) is 17.1 Å². The van der Waals surface area contributed by atoms with Crippen LogP contribution < -0.4 is 4.74 Å². The van der Waals surface area contributed by atoms with Crippen LogP contribution in [0.3, 0.4) is 0 Å². The van der Waals surface area contributed by atoms with E-state index in [2.05, 4.69) is 23.8 Å². The number of halogens is 1. The van der Waals surface area contributed by atoms with Crippen molar-refractivity contribution in [3.63, 3.8) is 0 Å². The number of alkyl halides is 1. The van der Waals surface area contributed by atoms with E-state index in [1.807, 2.05) is 36.7 Å². The topological polar surface area (TPSA) is 35.0 Å². The lowest BCUT2D eigenvalue weighted by Gasteiger charge is -2.10. The number of aromatic nitrogens is 2. The monoisotopic (exact) mass is 498 g/mol. The van der Waals surface area contributed by atoms with Crippen molar-refractivity contribution in [2.75, 3.05) is 6.61 Å². The average molecular weight is 499 g/mol. The predicted molar refractivity (Wildman–Crippen MR) is 151 cm³/mol. The Morgan fingerprint density at radius 2 is 1.19 bits per heavy atom. The summed E-state index contributed by atoms with van der Waals surface area (Å²) < 4.78 is 19.7. The van der Waals surface area contributed by atoms with Crippen LogP contribution in [0.4, 0.5) is 4.39 Å². The molecule has 1 unspecified atom stereocenters. The second kappa shape index (κ2) is 20.1. The Morgan fingerprint density at radius 3 is 1.78 bits per heavy atom. The molecule has 4 heteroatoms. The smallest absolute Gasteiger partial charge is 0.159 e. The first kappa shape index (κ1) is 30.3. The average Bonchev–Trinajstić information content (AvgIpc) is 2.90. The van der Waals surface area contributed by atoms with Crippen molar-refractivity contribution in [2.45, 2.75) is 136 Å². The Kier molecular flexibility index (Phi) is 16.9. The molecule has 0 aliphatic carbocycles. The number of ether oxygens (including phenoxy) is 1. The van der Waals surface area contributed by atoms with Gasteiger partial charge in [0.05, 0.1) is 6.61 Å². The predicted octanol–water partition coefficient (Wildman–Crippen LogP) is 10.1. The molecule has 0 saturated heterocycles. The Bertz CT molecular complexity index is 763. The molecule has 2 rings (SSSR count). The van der Waals surface area contributed by atoms with Gasteiger partial charge in [-0.15, -0.1) is 0 Å². The molecular weight excluding hydrogens is 447 g/mol. The van der Waals surface area contributed by atoms with Crippen LogP contribution in [0.15, 0.2) is 36.7 Å². The van der Waals surface area contributed by atoms with Crippen LogP contribution in [0.25, 0.3) is 11.4 Å². The maximum atomic E-state index is 14.0. The van der Waals surface area contributed by atoms with Gasteiger partial charge in [0.25, 0.3) is 0 Å². The van der Waals surface area contributed by atoms with Gasteiger partial charge in [-0.2, -0.15) is 0 Å². The van der Waals surface area contributed by atoms with E-state index in [0.29, 0.717) is 19.4 Å². The summed E-state index contributed by atoms with van der Waals surface area (Å²) in [5.41, 5.74) is 2.19. The maximum absolute atomic E-state index is 14.0. The lowest BCUT2D eigenvalue weighted by molar-refractivity contribution is 0.222. The minimum Gasteiger partial charge on any atom is -0.493 e. The zero-order chi connectivity index (χ0) is 25.7. The third kappa shape index (κ3) is 13.9. The minimum atomic E-state index is -0.766. The van der Waals surface area contributed by atoms with Crippen LogP contribution in [-0.4, -0.2) is 22.7 Å². The van der Waals surface area contributed by atoms with Gasteiger partial charge in [0.1, 0.15) is 11.9 Å². The van der Waals surface area contributed by atoms with Crippen LogP contribution in [0, 0.1) is 0 Å². The molecule has 0 radical (unpaired) electrons. The standard InChI is InChI=1S/C32H51FN2O/c1-3-5-7-9-10-11-12-13-14-15-16-18-28-26-34-32(35-27-28)29-20-22-31(23-21-29)36-25-24-30(33)19-17-8-6-4-2/h20-23,26-27,30H,3-19,24-25H2,1-2H3. The highest BCUT2D eigenvalue weighted by Crippen LogP contribution is 2.20. The van der Waals surface area contributed by atoms with Gasteiger partial charge in [0.15, 0.2) is 5.82 Å². The first-order valence-corrected chi connectivity index (χ1v) is 14.9. The number of nitrogens with zero attached hydrogens (tertiary/aromatic N) is 2. The van der Waals surface area contributed by atoms with Gasteiger partial charge in [-0.25, -0.2) is 14.4 Å². The molecule has 1 heterocycles. The molecule has 3 nitrogen and oxygen atoms in total. The fraction of sp³-hybridized carbons (Fsp3) is 0.688. The van der Waals surface area contributed by atoms with Crippen LogP contribution >= 0.6 is 0 Å². The number of rotatable bonds is 22. The SMILES string of the molecule is CCCCCCCCCCCCCc1cnc(-c2ccc(OCCC(F)CCCCCC)cc2)nc1. The van der Waals surface area contributed by atoms with E-state index in [4.69, 9.17) is 4.74 Å². The minimum absolute atomic E-state index is 0.415. The summed E-state index contributed by atoms with van der Waals surface area (Å²) in [5, 5.41) is 0. The first-order valence-electron chi connectivity index (χ1n) is 14.9. The van der Waals surface area contributed by atoms with Crippen molar-refractivity contribution in [3.05, 3.63) is 42.2 Å². The summed E-state index contributed by atoms with van der Waals surface area (Å²) in [6, 6.07) is 7.80. The van der Waals surface area contributed by atoms with E-state index in [1.165, 1.54) is 89.0 Å². The Labute approximate surface area is 220 Å². The van der Waals surface area contributed by atoms with Crippen molar-refractivity contribution >= 4 is 0 Å². The van der Waals surface area contributed by atoms with Gasteiger partial charge < -0.3 is 4.74 Å². The zero-order valence-corrected chi connectivity index (χ0v) is 23.2. The van der Waals surface area contributed by atoms with Gasteiger partial charge in [-0.3, -0.25) is 0 Å². The largest absolute Gasteiger partial charge is 0.493 e. The second-order valence-electron chi connectivity index (χ2n) is 10.3. The molecule has 0 fully saturated rings. The highest BCUT2D eigenvalue weighted by molar-refractivity contribution is 5.55. The zero-order valence-electron chi connectivity index (χ0n) is 23.2. The van der Waals surface area contributed by atoms with Gasteiger partial charge >= 0.3 is 0 Å². The first-order chi connectivity index (χ1) is 17.7. The van der Waals surface area contributed by atoms with E-state index in [1.54, 1.807) is 0 Å². The van der Waals surface area contributed by atoms with Gasteiger partial charge in [0.2, 0.25) is 0 Å². The van der Waals surface area contributed by atoms with E-state index in [-0.39, 0.29) is 0 Å². The molecule has 0 N–H and O–H groups in total. The van der Waals surface area contributed by atoms with Crippen molar-refractivity contribution in [1.29, 1.82) is 0 Å². The number of hydrogen-bond acceptors (Lipinski definition) is 3. The molecule has 0 amide bonds. The number of hydrogen-bond donors (Lipinski definition) is 0. The Balaban J connectivity index is 1.57. The highest BCUT2D eigenvalue weighted by atomic mass is 19.1. The lowest BCUT2D eigenvalue weighted by atomic mass is 10.0. The van der Waals surface area contributed by atoms with E-state index < -0.39 is 6.17 Å². The van der Waals surface area contributed by atoms with Gasteiger partial charge in [0, 0.05) is 24.4 Å². The molecule has 36 heavy (non-hydrogen) atoms. The number of aryl methyl sites for hydroxylation is 1. The molecule has 0 aliphatic rings. The van der Waals surface area contributed by atoms with Crippen LogP contribution in [-0.2, 0) is 6.42 Å². The summed E-state index contributed by atoms with van der Waals surface area (Å²) >= 11 is 0. The maximum Gasteiger partial charge on any atom is 0.159 e. The van der Waals surface area contributed by atoms with Crippen molar-refractivity contribution in [1.82, 2.24) is 9.97 Å². The molecule has 202 valence electrons. The molecule has 1 atom stereocenters. The molecule has 2 aromatic rings. The van der Waals surface area contributed by atoms with Gasteiger partial charge in [-0.1, -0.05) is 104 Å². The number of unbranched alkanes of at least 4 members (excludes halogenated alkanes) is 13. The van der Waals surface area contributed by atoms with E-state index >= 15 is 0 Å². The third-order valence-electron chi connectivity index (χ3n) is 6.96. The number of benzene rings is 1. The summed E-state index contributed by atoms with van der Waals surface area (Å²) in [4.78, 5) is 9.15. The van der Waals surface area contributed by atoms with Crippen LogP contribution in [0.5, 0.6) is 5.75 Å². The molecule has 1 aromatic heterocycles.